The van der Waals surface area contributed by atoms with Crippen LogP contribution >= 0.6 is 15.9 Å². The summed E-state index contributed by atoms with van der Waals surface area (Å²) in [4.78, 5) is 3.94. The molecule has 6 nitrogen and oxygen atoms in total. The molecule has 2 aromatic heterocycles. The molecule has 16 heavy (non-hydrogen) atoms. The number of hydrogen-bond acceptors (Lipinski definition) is 4. The minimum Gasteiger partial charge on any atom is -0.379 e. The Bertz CT molecular complexity index is 464. The van der Waals surface area contributed by atoms with Crippen LogP contribution in [0.3, 0.4) is 0 Å². The van der Waals surface area contributed by atoms with Crippen LogP contribution < -0.4 is 0 Å². The lowest BCUT2D eigenvalue weighted by Crippen LogP contribution is -2.13. The van der Waals surface area contributed by atoms with E-state index in [-0.39, 0.29) is 6.04 Å². The maximum Gasteiger partial charge on any atom is 0.159 e. The quantitative estimate of drug-likeness (QED) is 0.894. The summed E-state index contributed by atoms with van der Waals surface area (Å²) in [6, 6.07) is 0.166. The number of H-pyrrole nitrogens is 1. The second kappa shape index (κ2) is 4.34. The molecule has 2 aromatic rings. The van der Waals surface area contributed by atoms with Crippen LogP contribution in [-0.4, -0.2) is 30.1 Å². The number of nitrogens with zero attached hydrogens (tertiary/aromatic N) is 4. The average Bonchev–Trinajstić information content (AvgIpc) is 2.84. The van der Waals surface area contributed by atoms with E-state index in [1.165, 1.54) is 6.33 Å². The van der Waals surface area contributed by atoms with Crippen molar-refractivity contribution in [3.63, 3.8) is 0 Å². The summed E-state index contributed by atoms with van der Waals surface area (Å²) in [5.41, 5.74) is 0.673. The topological polar surface area (TPSA) is 79.6 Å². The number of aliphatic hydroxyl groups is 1. The van der Waals surface area contributed by atoms with Crippen LogP contribution in [-0.2, 0) is 0 Å². The molecule has 1 unspecified atom stereocenters. The van der Waals surface area contributed by atoms with E-state index in [9.17, 15) is 5.11 Å². The van der Waals surface area contributed by atoms with Crippen molar-refractivity contribution < 1.29 is 5.11 Å². The van der Waals surface area contributed by atoms with Crippen molar-refractivity contribution in [2.75, 3.05) is 0 Å². The van der Waals surface area contributed by atoms with Gasteiger partial charge in [-0.3, -0.25) is 9.78 Å². The van der Waals surface area contributed by atoms with Crippen molar-refractivity contribution in [3.05, 3.63) is 28.5 Å². The fourth-order valence-corrected chi connectivity index (χ4v) is 1.98. The van der Waals surface area contributed by atoms with Gasteiger partial charge in [0.15, 0.2) is 11.9 Å². The summed E-state index contributed by atoms with van der Waals surface area (Å²) in [6.45, 7) is 3.99. The number of hydrogen-bond donors (Lipinski definition) is 2. The smallest absolute Gasteiger partial charge is 0.159 e. The molecule has 0 aliphatic heterocycles. The molecule has 0 bridgehead atoms. The zero-order valence-electron chi connectivity index (χ0n) is 8.92. The lowest BCUT2D eigenvalue weighted by Gasteiger charge is -2.14. The van der Waals surface area contributed by atoms with Crippen molar-refractivity contribution in [1.82, 2.24) is 25.0 Å². The van der Waals surface area contributed by atoms with E-state index < -0.39 is 6.10 Å². The van der Waals surface area contributed by atoms with E-state index in [1.807, 2.05) is 13.8 Å². The molecule has 0 spiro atoms. The molecule has 0 fully saturated rings. The third-order valence-corrected chi connectivity index (χ3v) is 2.84. The molecule has 86 valence electrons. The molecule has 0 aliphatic carbocycles. The third-order valence-electron chi connectivity index (χ3n) is 2.23. The van der Waals surface area contributed by atoms with Gasteiger partial charge < -0.3 is 5.11 Å². The highest BCUT2D eigenvalue weighted by Gasteiger charge is 2.22. The van der Waals surface area contributed by atoms with Gasteiger partial charge in [-0.25, -0.2) is 4.98 Å². The number of aromatic nitrogens is 5. The van der Waals surface area contributed by atoms with Gasteiger partial charge >= 0.3 is 0 Å². The van der Waals surface area contributed by atoms with Crippen molar-refractivity contribution in [1.29, 1.82) is 0 Å². The predicted octanol–water partition coefficient (Wildman–Crippen LogP) is 1.43. The van der Waals surface area contributed by atoms with E-state index in [2.05, 4.69) is 36.2 Å². The zero-order chi connectivity index (χ0) is 11.7. The van der Waals surface area contributed by atoms with Crippen LogP contribution in [0.1, 0.15) is 37.5 Å². The molecule has 0 saturated heterocycles. The van der Waals surface area contributed by atoms with Crippen LogP contribution in [0.4, 0.5) is 0 Å². The number of halogens is 1. The Morgan fingerprint density at radius 3 is 2.81 bits per heavy atom. The van der Waals surface area contributed by atoms with Crippen LogP contribution in [0.2, 0.25) is 0 Å². The van der Waals surface area contributed by atoms with Crippen molar-refractivity contribution in [2.45, 2.75) is 26.0 Å². The number of nitrogens with one attached hydrogen (secondary N) is 1. The lowest BCUT2D eigenvalue weighted by molar-refractivity contribution is 0.195. The van der Waals surface area contributed by atoms with Crippen LogP contribution in [0.5, 0.6) is 0 Å². The van der Waals surface area contributed by atoms with Gasteiger partial charge in [0.2, 0.25) is 0 Å². The van der Waals surface area contributed by atoms with Gasteiger partial charge in [0.05, 0.1) is 16.4 Å². The molecular formula is C9H12BrN5O. The Balaban J connectivity index is 2.43. The summed E-state index contributed by atoms with van der Waals surface area (Å²) >= 11 is 3.37. The number of aromatic amines is 1. The molecule has 2 rings (SSSR count). The fourth-order valence-electron chi connectivity index (χ4n) is 1.49. The highest BCUT2D eigenvalue weighted by molar-refractivity contribution is 9.10. The van der Waals surface area contributed by atoms with E-state index in [0.29, 0.717) is 11.5 Å². The Morgan fingerprint density at radius 2 is 2.25 bits per heavy atom. The van der Waals surface area contributed by atoms with Gasteiger partial charge in [-0.15, -0.1) is 0 Å². The standard InChI is InChI=1S/C9H12BrN5O/c1-5(2)15-7(6(10)3-13-15)8(16)9-11-4-12-14-9/h3-5,8,16H,1-2H3,(H,11,12,14). The van der Waals surface area contributed by atoms with Gasteiger partial charge in [0.1, 0.15) is 6.33 Å². The van der Waals surface area contributed by atoms with Gasteiger partial charge in [0, 0.05) is 6.04 Å². The van der Waals surface area contributed by atoms with Crippen LogP contribution in [0.15, 0.2) is 17.0 Å². The molecule has 2 heterocycles. The maximum absolute atomic E-state index is 10.2. The minimum absolute atomic E-state index is 0.166. The summed E-state index contributed by atoms with van der Waals surface area (Å²) in [5, 5.41) is 20.7. The summed E-state index contributed by atoms with van der Waals surface area (Å²) in [5.74, 6) is 0.406. The largest absolute Gasteiger partial charge is 0.379 e. The van der Waals surface area contributed by atoms with E-state index in [1.54, 1.807) is 10.9 Å². The minimum atomic E-state index is -0.859. The first kappa shape index (κ1) is 11.3. The molecule has 0 amide bonds. The highest BCUT2D eigenvalue weighted by Crippen LogP contribution is 2.28. The van der Waals surface area contributed by atoms with Crippen LogP contribution in [0, 0.1) is 0 Å². The Morgan fingerprint density at radius 1 is 1.50 bits per heavy atom. The first-order valence-electron chi connectivity index (χ1n) is 4.87. The Hall–Kier alpha value is -1.21. The van der Waals surface area contributed by atoms with Gasteiger partial charge in [0.25, 0.3) is 0 Å². The molecular weight excluding hydrogens is 274 g/mol. The first-order valence-corrected chi connectivity index (χ1v) is 5.66. The SMILES string of the molecule is CC(C)n1ncc(Br)c1C(O)c1ncn[nH]1. The van der Waals surface area contributed by atoms with Crippen molar-refractivity contribution in [3.8, 4) is 0 Å². The number of aliphatic hydroxyl groups excluding tert-OH is 1. The predicted molar refractivity (Wildman–Crippen MR) is 60.8 cm³/mol. The van der Waals surface area contributed by atoms with Gasteiger partial charge in [-0.05, 0) is 29.8 Å². The lowest BCUT2D eigenvalue weighted by atomic mass is 10.2. The Kier molecular flexibility index (Phi) is 3.06. The van der Waals surface area contributed by atoms with E-state index in [4.69, 9.17) is 0 Å². The van der Waals surface area contributed by atoms with Crippen molar-refractivity contribution in [2.24, 2.45) is 0 Å². The average molecular weight is 286 g/mol. The van der Waals surface area contributed by atoms with Gasteiger partial charge in [-0.2, -0.15) is 10.2 Å². The molecule has 1 atom stereocenters. The molecule has 0 aromatic carbocycles. The molecule has 0 saturated carbocycles. The fraction of sp³-hybridized carbons (Fsp3) is 0.444. The second-order valence-corrected chi connectivity index (χ2v) is 4.54. The van der Waals surface area contributed by atoms with Crippen molar-refractivity contribution >= 4 is 15.9 Å². The number of rotatable bonds is 3. The first-order chi connectivity index (χ1) is 7.61. The van der Waals surface area contributed by atoms with Gasteiger partial charge in [-0.1, -0.05) is 0 Å². The molecule has 7 heteroatoms. The van der Waals surface area contributed by atoms with E-state index in [0.717, 1.165) is 4.47 Å². The Labute approximate surface area is 101 Å². The third kappa shape index (κ3) is 1.88. The summed E-state index contributed by atoms with van der Waals surface area (Å²) in [7, 11) is 0. The molecule has 2 N–H and O–H groups in total. The summed E-state index contributed by atoms with van der Waals surface area (Å²) in [6.07, 6.45) is 2.17. The summed E-state index contributed by atoms with van der Waals surface area (Å²) < 4.78 is 2.50. The molecule has 0 radical (unpaired) electrons. The second-order valence-electron chi connectivity index (χ2n) is 3.69. The molecule has 0 aliphatic rings. The monoisotopic (exact) mass is 285 g/mol. The zero-order valence-corrected chi connectivity index (χ0v) is 10.5. The van der Waals surface area contributed by atoms with Crippen LogP contribution in [0.25, 0.3) is 0 Å². The normalized spacial score (nSPS) is 13.3. The van der Waals surface area contributed by atoms with E-state index >= 15 is 0 Å². The highest BCUT2D eigenvalue weighted by atomic mass is 79.9. The maximum atomic E-state index is 10.2.